The Balaban J connectivity index is 1.70. The molecule has 0 saturated heterocycles. The highest BCUT2D eigenvalue weighted by atomic mass is 32.2. The fourth-order valence-electron chi connectivity index (χ4n) is 6.04. The van der Waals surface area contributed by atoms with Gasteiger partial charge >= 0.3 is 10.3 Å². The van der Waals surface area contributed by atoms with Gasteiger partial charge in [0.1, 0.15) is 5.75 Å². The molecule has 3 aliphatic rings. The average Bonchev–Trinajstić information content (AvgIpc) is 2.95. The summed E-state index contributed by atoms with van der Waals surface area (Å²) in [6.45, 7) is 8.48. The van der Waals surface area contributed by atoms with Crippen molar-refractivity contribution in [2.75, 3.05) is 0 Å². The van der Waals surface area contributed by atoms with Crippen LogP contribution in [0.1, 0.15) is 62.1 Å². The van der Waals surface area contributed by atoms with Gasteiger partial charge in [-0.1, -0.05) is 38.6 Å². The molecule has 1 saturated carbocycles. The molecule has 3 aliphatic carbocycles. The van der Waals surface area contributed by atoms with Gasteiger partial charge in [0.2, 0.25) is 0 Å². The molecule has 4 rings (SSSR count). The highest BCUT2D eigenvalue weighted by molar-refractivity contribution is 7.84. The number of nitrogens with two attached hydrogens (primary N) is 1. The maximum absolute atomic E-state index is 11.4. The van der Waals surface area contributed by atoms with Crippen molar-refractivity contribution in [3.8, 4) is 5.75 Å². The molecule has 1 fully saturated rings. The van der Waals surface area contributed by atoms with Crippen molar-refractivity contribution in [3.63, 3.8) is 0 Å². The Morgan fingerprint density at radius 3 is 2.81 bits per heavy atom. The lowest BCUT2D eigenvalue weighted by atomic mass is 9.54. The molecule has 0 heterocycles. The van der Waals surface area contributed by atoms with Crippen molar-refractivity contribution in [1.82, 2.24) is 0 Å². The molecule has 4 nitrogen and oxygen atoms in total. The highest BCUT2D eigenvalue weighted by Crippen LogP contribution is 2.61. The molecule has 0 spiro atoms. The number of benzene rings is 1. The van der Waals surface area contributed by atoms with Crippen LogP contribution in [0.5, 0.6) is 5.75 Å². The van der Waals surface area contributed by atoms with E-state index in [0.717, 1.165) is 31.2 Å². The lowest BCUT2D eigenvalue weighted by Crippen LogP contribution is -2.41. The van der Waals surface area contributed by atoms with Crippen LogP contribution >= 0.6 is 0 Å². The van der Waals surface area contributed by atoms with Crippen molar-refractivity contribution in [3.05, 3.63) is 53.1 Å². The predicted molar refractivity (Wildman–Crippen MR) is 108 cm³/mol. The Morgan fingerprint density at radius 2 is 2.15 bits per heavy atom. The van der Waals surface area contributed by atoms with E-state index in [-0.39, 0.29) is 5.41 Å². The zero-order valence-corrected chi connectivity index (χ0v) is 17.0. The zero-order chi connectivity index (χ0) is 19.4. The second kappa shape index (κ2) is 6.49. The average molecular weight is 388 g/mol. The van der Waals surface area contributed by atoms with Crippen LogP contribution in [0.15, 0.2) is 36.4 Å². The van der Waals surface area contributed by atoms with Crippen LogP contribution in [-0.2, 0) is 23.1 Å². The van der Waals surface area contributed by atoms with Gasteiger partial charge in [-0.2, -0.15) is 13.6 Å². The third-order valence-electron chi connectivity index (χ3n) is 7.35. The Kier molecular flexibility index (Phi) is 4.51. The number of aryl methyl sites for hydroxylation is 2. The Hall–Kier alpha value is -1.59. The molecule has 1 aromatic rings. The monoisotopic (exact) mass is 387 g/mol. The summed E-state index contributed by atoms with van der Waals surface area (Å²) in [4.78, 5) is 0. The van der Waals surface area contributed by atoms with Crippen LogP contribution in [0.2, 0.25) is 0 Å². The third kappa shape index (κ3) is 3.05. The Bertz CT molecular complexity index is 918. The van der Waals surface area contributed by atoms with Crippen LogP contribution in [0, 0.1) is 17.3 Å². The normalized spacial score (nSPS) is 32.1. The first kappa shape index (κ1) is 18.8. The van der Waals surface area contributed by atoms with Crippen LogP contribution in [0.25, 0.3) is 0 Å². The molecule has 146 valence electrons. The van der Waals surface area contributed by atoms with Gasteiger partial charge in [-0.15, -0.1) is 0 Å². The molecule has 0 bridgehead atoms. The third-order valence-corrected chi connectivity index (χ3v) is 7.77. The molecule has 2 N–H and O–H groups in total. The number of fused-ring (bicyclic) bond motifs is 5. The van der Waals surface area contributed by atoms with Crippen molar-refractivity contribution >= 4 is 10.3 Å². The summed E-state index contributed by atoms with van der Waals surface area (Å²) in [6.07, 6.45) is 10.8. The Morgan fingerprint density at radius 1 is 1.37 bits per heavy atom. The molecule has 0 aromatic heterocycles. The lowest BCUT2D eigenvalue weighted by Gasteiger charge is -2.50. The topological polar surface area (TPSA) is 69.4 Å². The van der Waals surface area contributed by atoms with E-state index in [1.807, 2.05) is 13.0 Å². The van der Waals surface area contributed by atoms with E-state index in [1.54, 1.807) is 0 Å². The van der Waals surface area contributed by atoms with Gasteiger partial charge < -0.3 is 4.18 Å². The maximum atomic E-state index is 11.4. The molecule has 4 atom stereocenters. The largest absolute Gasteiger partial charge is 0.380 e. The SMILES string of the molecule is C=CC1=CCC2C3CCc4cc(OS(N)(=O)=O)c(CC)cc4C3CC[C@]12C. The summed E-state index contributed by atoms with van der Waals surface area (Å²) >= 11 is 0. The molecule has 3 unspecified atom stereocenters. The Labute approximate surface area is 162 Å². The highest BCUT2D eigenvalue weighted by Gasteiger charge is 2.51. The number of allylic oxidation sites excluding steroid dienone is 3. The molecule has 0 amide bonds. The first-order chi connectivity index (χ1) is 12.8. The van der Waals surface area contributed by atoms with E-state index in [4.69, 9.17) is 9.32 Å². The fraction of sp³-hybridized carbons (Fsp3) is 0.545. The summed E-state index contributed by atoms with van der Waals surface area (Å²) in [5, 5.41) is 5.11. The first-order valence-corrected chi connectivity index (χ1v) is 11.4. The minimum Gasteiger partial charge on any atom is -0.371 e. The number of hydrogen-bond acceptors (Lipinski definition) is 3. The van der Waals surface area contributed by atoms with E-state index in [1.165, 1.54) is 29.5 Å². The maximum Gasteiger partial charge on any atom is 0.380 e. The van der Waals surface area contributed by atoms with Gasteiger partial charge in [0.15, 0.2) is 0 Å². The molecule has 27 heavy (non-hydrogen) atoms. The van der Waals surface area contributed by atoms with E-state index >= 15 is 0 Å². The lowest BCUT2D eigenvalue weighted by molar-refractivity contribution is 0.0774. The van der Waals surface area contributed by atoms with E-state index in [0.29, 0.717) is 23.5 Å². The molecule has 0 aliphatic heterocycles. The number of hydrogen-bond donors (Lipinski definition) is 1. The molecular formula is C22H29NO3S. The van der Waals surface area contributed by atoms with Crippen LogP contribution in [0.3, 0.4) is 0 Å². The van der Waals surface area contributed by atoms with Crippen LogP contribution in [0.4, 0.5) is 0 Å². The minimum absolute atomic E-state index is 0.269. The molecule has 0 radical (unpaired) electrons. The smallest absolute Gasteiger partial charge is 0.371 e. The first-order valence-electron chi connectivity index (χ1n) is 9.97. The van der Waals surface area contributed by atoms with Crippen molar-refractivity contribution < 1.29 is 12.6 Å². The summed E-state index contributed by atoms with van der Waals surface area (Å²) < 4.78 is 27.9. The van der Waals surface area contributed by atoms with E-state index in [9.17, 15) is 8.42 Å². The molecular weight excluding hydrogens is 358 g/mol. The second-order valence-electron chi connectivity index (χ2n) is 8.56. The predicted octanol–water partition coefficient (Wildman–Crippen LogP) is 4.41. The molecule has 1 aromatic carbocycles. The fourth-order valence-corrected chi connectivity index (χ4v) is 6.45. The van der Waals surface area contributed by atoms with Crippen molar-refractivity contribution in [2.24, 2.45) is 22.4 Å². The summed E-state index contributed by atoms with van der Waals surface area (Å²) in [7, 11) is -4.00. The summed E-state index contributed by atoms with van der Waals surface area (Å²) in [5.74, 6) is 2.31. The van der Waals surface area contributed by atoms with Gasteiger partial charge in [0, 0.05) is 0 Å². The van der Waals surface area contributed by atoms with Gasteiger partial charge in [-0.25, -0.2) is 0 Å². The van der Waals surface area contributed by atoms with Gasteiger partial charge in [0.25, 0.3) is 0 Å². The van der Waals surface area contributed by atoms with E-state index < -0.39 is 10.3 Å². The van der Waals surface area contributed by atoms with E-state index in [2.05, 4.69) is 31.7 Å². The zero-order valence-electron chi connectivity index (χ0n) is 16.2. The summed E-state index contributed by atoms with van der Waals surface area (Å²) in [6, 6.07) is 4.11. The molecule has 5 heteroatoms. The van der Waals surface area contributed by atoms with Crippen molar-refractivity contribution in [2.45, 2.75) is 58.3 Å². The van der Waals surface area contributed by atoms with Gasteiger partial charge in [-0.3, -0.25) is 0 Å². The minimum atomic E-state index is -4.00. The van der Waals surface area contributed by atoms with Gasteiger partial charge in [-0.05, 0) is 90.0 Å². The van der Waals surface area contributed by atoms with Crippen LogP contribution < -0.4 is 9.32 Å². The number of rotatable bonds is 4. The van der Waals surface area contributed by atoms with Crippen LogP contribution in [-0.4, -0.2) is 8.42 Å². The summed E-state index contributed by atoms with van der Waals surface area (Å²) in [5.41, 5.74) is 5.26. The standard InChI is InChI=1S/C22H29NO3S/c1-4-14-12-19-15(13-21(14)26-27(23,24)25)6-8-18-17(19)10-11-22(3)16(5-2)7-9-20(18)22/h5,7,12-13,17-18,20H,2,4,6,8-11H2,1,3H3,(H2,23,24,25)/t17?,18?,20?,22-/m1/s1. The second-order valence-corrected chi connectivity index (χ2v) is 9.71. The van der Waals surface area contributed by atoms with Crippen molar-refractivity contribution in [1.29, 1.82) is 0 Å². The quantitative estimate of drug-likeness (QED) is 0.832. The van der Waals surface area contributed by atoms with Gasteiger partial charge in [0.05, 0.1) is 0 Å².